The van der Waals surface area contributed by atoms with Crippen LogP contribution < -0.4 is 20.5 Å². The van der Waals surface area contributed by atoms with Gasteiger partial charge in [0.05, 0.1) is 7.11 Å². The molecule has 0 spiro atoms. The lowest BCUT2D eigenvalue weighted by atomic mass is 10.1. The van der Waals surface area contributed by atoms with E-state index in [1.165, 1.54) is 12.0 Å². The number of nitrogens with two attached hydrogens (primary N) is 1. The third-order valence-corrected chi connectivity index (χ3v) is 3.71. The van der Waals surface area contributed by atoms with Crippen LogP contribution in [0.1, 0.15) is 31.2 Å². The number of hydrogen-bond donors (Lipinski definition) is 2. The number of methoxy groups -OCH3 is 1. The van der Waals surface area contributed by atoms with Crippen molar-refractivity contribution in [3.05, 3.63) is 23.8 Å². The highest BCUT2D eigenvalue weighted by atomic mass is 16.5. The molecule has 1 heterocycles. The molecule has 1 aromatic carbocycles. The van der Waals surface area contributed by atoms with Crippen LogP contribution in [0.25, 0.3) is 0 Å². The summed E-state index contributed by atoms with van der Waals surface area (Å²) in [5.74, 6) is 1.75. The number of aryl methyl sites for hydroxylation is 1. The molecule has 0 saturated carbocycles. The first-order chi connectivity index (χ1) is 9.85. The fourth-order valence-corrected chi connectivity index (χ4v) is 2.64. The van der Waals surface area contributed by atoms with Crippen molar-refractivity contribution in [1.29, 1.82) is 0 Å². The second-order valence-electron chi connectivity index (χ2n) is 5.28. The first-order valence-corrected chi connectivity index (χ1v) is 7.58. The minimum absolute atomic E-state index is 0.247. The van der Waals surface area contributed by atoms with Crippen LogP contribution in [0.2, 0.25) is 0 Å². The molecule has 0 radical (unpaired) electrons. The summed E-state index contributed by atoms with van der Waals surface area (Å²) in [6.07, 6.45) is 5.64. The summed E-state index contributed by atoms with van der Waals surface area (Å²) in [6, 6.07) is 6.16. The minimum Gasteiger partial charge on any atom is -0.493 e. The molecule has 2 rings (SSSR count). The van der Waals surface area contributed by atoms with Gasteiger partial charge in [-0.05, 0) is 56.8 Å². The predicted molar refractivity (Wildman–Crippen MR) is 81.5 cm³/mol. The van der Waals surface area contributed by atoms with Crippen LogP contribution in [0.15, 0.2) is 18.2 Å². The fourth-order valence-electron chi connectivity index (χ4n) is 2.64. The van der Waals surface area contributed by atoms with Crippen LogP contribution in [-0.4, -0.2) is 32.8 Å². The SMILES string of the molecule is COc1c(CCCCN)cccc1OC1CCCNC1. The second kappa shape index (κ2) is 8.12. The molecule has 1 aliphatic heterocycles. The Bertz CT molecular complexity index is 403. The van der Waals surface area contributed by atoms with E-state index in [4.69, 9.17) is 15.2 Å². The maximum atomic E-state index is 6.11. The van der Waals surface area contributed by atoms with E-state index in [1.807, 2.05) is 12.1 Å². The molecule has 1 saturated heterocycles. The Labute approximate surface area is 121 Å². The number of hydrogen-bond acceptors (Lipinski definition) is 4. The average Bonchev–Trinajstić information content (AvgIpc) is 2.49. The van der Waals surface area contributed by atoms with Gasteiger partial charge in [0.1, 0.15) is 6.10 Å². The van der Waals surface area contributed by atoms with Gasteiger partial charge in [0, 0.05) is 6.54 Å². The van der Waals surface area contributed by atoms with E-state index in [2.05, 4.69) is 11.4 Å². The van der Waals surface area contributed by atoms with Gasteiger partial charge in [0.2, 0.25) is 0 Å². The van der Waals surface area contributed by atoms with Crippen molar-refractivity contribution in [2.24, 2.45) is 5.73 Å². The van der Waals surface area contributed by atoms with Gasteiger partial charge in [-0.15, -0.1) is 0 Å². The summed E-state index contributed by atoms with van der Waals surface area (Å²) in [6.45, 7) is 2.75. The summed E-state index contributed by atoms with van der Waals surface area (Å²) in [5.41, 5.74) is 6.76. The Morgan fingerprint density at radius 3 is 2.95 bits per heavy atom. The number of ether oxygens (including phenoxy) is 2. The molecule has 0 aromatic heterocycles. The molecular formula is C16H26N2O2. The fraction of sp³-hybridized carbons (Fsp3) is 0.625. The number of benzene rings is 1. The standard InChI is InChI=1S/C16H26N2O2/c1-19-16-13(6-2-3-10-17)7-4-9-15(16)20-14-8-5-11-18-12-14/h4,7,9,14,18H,2-3,5-6,8,10-12,17H2,1H3. The first-order valence-electron chi connectivity index (χ1n) is 7.58. The van der Waals surface area contributed by atoms with Gasteiger partial charge in [0.15, 0.2) is 11.5 Å². The van der Waals surface area contributed by atoms with E-state index in [-0.39, 0.29) is 6.10 Å². The van der Waals surface area contributed by atoms with Gasteiger partial charge < -0.3 is 20.5 Å². The van der Waals surface area contributed by atoms with E-state index in [0.29, 0.717) is 0 Å². The number of para-hydroxylation sites is 1. The molecule has 0 bridgehead atoms. The van der Waals surface area contributed by atoms with Gasteiger partial charge in [-0.3, -0.25) is 0 Å². The van der Waals surface area contributed by atoms with E-state index in [0.717, 1.165) is 56.8 Å². The molecular weight excluding hydrogens is 252 g/mol. The number of unbranched alkanes of at least 4 members (excludes halogenated alkanes) is 1. The number of piperidine rings is 1. The van der Waals surface area contributed by atoms with E-state index >= 15 is 0 Å². The summed E-state index contributed by atoms with van der Waals surface area (Å²) >= 11 is 0. The molecule has 1 unspecified atom stereocenters. The zero-order chi connectivity index (χ0) is 14.2. The van der Waals surface area contributed by atoms with Gasteiger partial charge in [-0.2, -0.15) is 0 Å². The van der Waals surface area contributed by atoms with Crippen LogP contribution in [0.4, 0.5) is 0 Å². The maximum Gasteiger partial charge on any atom is 0.163 e. The van der Waals surface area contributed by atoms with Gasteiger partial charge >= 0.3 is 0 Å². The molecule has 4 nitrogen and oxygen atoms in total. The van der Waals surface area contributed by atoms with Crippen LogP contribution in [0.5, 0.6) is 11.5 Å². The second-order valence-corrected chi connectivity index (χ2v) is 5.28. The Kier molecular flexibility index (Phi) is 6.15. The van der Waals surface area contributed by atoms with E-state index in [1.54, 1.807) is 7.11 Å². The maximum absolute atomic E-state index is 6.11. The van der Waals surface area contributed by atoms with Crippen molar-refractivity contribution in [2.45, 2.75) is 38.2 Å². The van der Waals surface area contributed by atoms with Crippen molar-refractivity contribution < 1.29 is 9.47 Å². The molecule has 112 valence electrons. The Balaban J connectivity index is 2.04. The third kappa shape index (κ3) is 4.12. The Morgan fingerprint density at radius 2 is 2.25 bits per heavy atom. The largest absolute Gasteiger partial charge is 0.493 e. The highest BCUT2D eigenvalue weighted by Gasteiger charge is 2.17. The van der Waals surface area contributed by atoms with Crippen molar-refractivity contribution in [3.63, 3.8) is 0 Å². The zero-order valence-corrected chi connectivity index (χ0v) is 12.4. The van der Waals surface area contributed by atoms with Gasteiger partial charge in [-0.1, -0.05) is 12.1 Å². The number of rotatable bonds is 7. The smallest absolute Gasteiger partial charge is 0.163 e. The molecule has 3 N–H and O–H groups in total. The van der Waals surface area contributed by atoms with Crippen molar-refractivity contribution >= 4 is 0 Å². The van der Waals surface area contributed by atoms with Crippen molar-refractivity contribution in [2.75, 3.05) is 26.7 Å². The molecule has 20 heavy (non-hydrogen) atoms. The van der Waals surface area contributed by atoms with Crippen LogP contribution in [0, 0.1) is 0 Å². The van der Waals surface area contributed by atoms with Crippen LogP contribution in [0.3, 0.4) is 0 Å². The lowest BCUT2D eigenvalue weighted by molar-refractivity contribution is 0.161. The summed E-state index contributed by atoms with van der Waals surface area (Å²) in [5, 5.41) is 3.37. The highest BCUT2D eigenvalue weighted by molar-refractivity contribution is 5.46. The van der Waals surface area contributed by atoms with E-state index in [9.17, 15) is 0 Å². The topological polar surface area (TPSA) is 56.5 Å². The Morgan fingerprint density at radius 1 is 1.35 bits per heavy atom. The summed E-state index contributed by atoms with van der Waals surface area (Å²) in [7, 11) is 1.72. The summed E-state index contributed by atoms with van der Waals surface area (Å²) in [4.78, 5) is 0. The van der Waals surface area contributed by atoms with E-state index < -0.39 is 0 Å². The molecule has 1 atom stereocenters. The normalized spacial score (nSPS) is 18.8. The average molecular weight is 278 g/mol. The first kappa shape index (κ1) is 15.1. The highest BCUT2D eigenvalue weighted by Crippen LogP contribution is 2.33. The quantitative estimate of drug-likeness (QED) is 0.750. The molecule has 4 heteroatoms. The third-order valence-electron chi connectivity index (χ3n) is 3.71. The van der Waals surface area contributed by atoms with Crippen LogP contribution >= 0.6 is 0 Å². The molecule has 1 aliphatic rings. The van der Waals surface area contributed by atoms with Gasteiger partial charge in [0.25, 0.3) is 0 Å². The van der Waals surface area contributed by atoms with Crippen molar-refractivity contribution in [3.8, 4) is 11.5 Å². The molecule has 1 aromatic rings. The molecule has 1 fully saturated rings. The Hall–Kier alpha value is -1.26. The number of nitrogens with one attached hydrogen (secondary N) is 1. The van der Waals surface area contributed by atoms with Crippen molar-refractivity contribution in [1.82, 2.24) is 5.32 Å². The van der Waals surface area contributed by atoms with Gasteiger partial charge in [-0.25, -0.2) is 0 Å². The zero-order valence-electron chi connectivity index (χ0n) is 12.4. The monoisotopic (exact) mass is 278 g/mol. The molecule has 0 aliphatic carbocycles. The predicted octanol–water partition coefficient (Wildman–Crippen LogP) is 2.11. The summed E-state index contributed by atoms with van der Waals surface area (Å²) < 4.78 is 11.7. The molecule has 0 amide bonds. The minimum atomic E-state index is 0.247. The van der Waals surface area contributed by atoms with Crippen LogP contribution in [-0.2, 0) is 6.42 Å². The lowest BCUT2D eigenvalue weighted by Crippen LogP contribution is -2.37. The lowest BCUT2D eigenvalue weighted by Gasteiger charge is -2.25.